The van der Waals surface area contributed by atoms with E-state index in [1.165, 1.54) is 24.8 Å². The van der Waals surface area contributed by atoms with E-state index in [9.17, 15) is 4.79 Å². The summed E-state index contributed by atoms with van der Waals surface area (Å²) in [7, 11) is 0. The van der Waals surface area contributed by atoms with Crippen LogP contribution in [0, 0.1) is 5.92 Å². The molecule has 0 saturated carbocycles. The fourth-order valence-corrected chi connectivity index (χ4v) is 5.09. The molecule has 0 aromatic heterocycles. The van der Waals surface area contributed by atoms with Crippen molar-refractivity contribution < 1.29 is 9.53 Å². The summed E-state index contributed by atoms with van der Waals surface area (Å²) in [5, 5.41) is 0. The summed E-state index contributed by atoms with van der Waals surface area (Å²) >= 11 is 0. The van der Waals surface area contributed by atoms with Crippen molar-refractivity contribution in [3.63, 3.8) is 0 Å². The zero-order valence-corrected chi connectivity index (χ0v) is 18.0. The molecule has 2 aromatic carbocycles. The van der Waals surface area contributed by atoms with E-state index in [1.54, 1.807) is 0 Å². The van der Waals surface area contributed by atoms with Crippen LogP contribution in [0.1, 0.15) is 43.7 Å². The Morgan fingerprint density at radius 3 is 2.27 bits per heavy atom. The minimum absolute atomic E-state index is 0.118. The van der Waals surface area contributed by atoms with Crippen LogP contribution < -0.4 is 0 Å². The normalized spacial score (nSPS) is 25.2. The summed E-state index contributed by atoms with van der Waals surface area (Å²) in [5.74, 6) is 0.659. The molecule has 1 aliphatic carbocycles. The topological polar surface area (TPSA) is 29.5 Å². The maximum atomic E-state index is 12.9. The number of piperidine rings is 1. The Balaban J connectivity index is 1.41. The van der Waals surface area contributed by atoms with Crippen molar-refractivity contribution >= 4 is 5.97 Å². The number of rotatable bonds is 6. The molecule has 1 aliphatic heterocycles. The van der Waals surface area contributed by atoms with E-state index in [0.29, 0.717) is 12.6 Å². The lowest BCUT2D eigenvalue weighted by atomic mass is 9.72. The Hall–Kier alpha value is -2.39. The van der Waals surface area contributed by atoms with E-state index in [0.717, 1.165) is 37.4 Å². The standard InChI is InChI=1S/C27H33NO2/c1-2-30-26(29)27(24-11-7-4-8-12-24)17-13-25(14-18-27)28-19-15-23(16-20-28)21-22-9-5-3-6-10-22/h3-13,17,23,25H,2,14-16,18-21H2,1H3. The Kier molecular flexibility index (Phi) is 6.69. The van der Waals surface area contributed by atoms with Gasteiger partial charge in [0.2, 0.25) is 0 Å². The van der Waals surface area contributed by atoms with Gasteiger partial charge in [-0.05, 0) is 69.2 Å². The molecule has 1 saturated heterocycles. The number of benzene rings is 2. The molecule has 0 radical (unpaired) electrons. The summed E-state index contributed by atoms with van der Waals surface area (Å²) in [5.41, 5.74) is 1.86. The van der Waals surface area contributed by atoms with Gasteiger partial charge >= 0.3 is 5.97 Å². The van der Waals surface area contributed by atoms with Gasteiger partial charge in [0, 0.05) is 6.04 Å². The lowest BCUT2D eigenvalue weighted by molar-refractivity contribution is -0.148. The van der Waals surface area contributed by atoms with Crippen LogP contribution in [-0.4, -0.2) is 36.6 Å². The second-order valence-corrected chi connectivity index (χ2v) is 8.69. The molecule has 2 aliphatic rings. The van der Waals surface area contributed by atoms with E-state index in [1.807, 2.05) is 25.1 Å². The molecule has 4 rings (SSSR count). The monoisotopic (exact) mass is 403 g/mol. The largest absolute Gasteiger partial charge is 0.465 e. The lowest BCUT2D eigenvalue weighted by Gasteiger charge is -2.41. The van der Waals surface area contributed by atoms with Crippen molar-refractivity contribution in [2.45, 2.75) is 50.5 Å². The molecular weight excluding hydrogens is 370 g/mol. The smallest absolute Gasteiger partial charge is 0.320 e. The molecule has 158 valence electrons. The van der Waals surface area contributed by atoms with Crippen LogP contribution >= 0.6 is 0 Å². The zero-order valence-electron chi connectivity index (χ0n) is 18.0. The average Bonchev–Trinajstić information content (AvgIpc) is 2.81. The highest BCUT2D eigenvalue weighted by atomic mass is 16.5. The number of ether oxygens (including phenoxy) is 1. The van der Waals surface area contributed by atoms with E-state index < -0.39 is 5.41 Å². The molecular formula is C27H33NO2. The van der Waals surface area contributed by atoms with Crippen LogP contribution in [0.4, 0.5) is 0 Å². The molecule has 1 fully saturated rings. The first kappa shape index (κ1) is 20.9. The number of esters is 1. The minimum Gasteiger partial charge on any atom is -0.465 e. The maximum Gasteiger partial charge on any atom is 0.320 e. The van der Waals surface area contributed by atoms with E-state index in [4.69, 9.17) is 4.74 Å². The SMILES string of the molecule is CCOC(=O)C1(c2ccccc2)C=CC(N2CCC(Cc3ccccc3)CC2)CC1. The zero-order chi connectivity index (χ0) is 20.8. The Labute approximate surface area is 180 Å². The van der Waals surface area contributed by atoms with Crippen molar-refractivity contribution in [3.8, 4) is 0 Å². The van der Waals surface area contributed by atoms with Gasteiger partial charge in [-0.1, -0.05) is 72.8 Å². The van der Waals surface area contributed by atoms with Gasteiger partial charge in [0.15, 0.2) is 0 Å². The molecule has 0 spiro atoms. The Bertz CT molecular complexity index is 840. The predicted octanol–water partition coefficient (Wildman–Crippen LogP) is 5.16. The van der Waals surface area contributed by atoms with Gasteiger partial charge in [0.05, 0.1) is 6.61 Å². The van der Waals surface area contributed by atoms with Crippen molar-refractivity contribution in [3.05, 3.63) is 83.9 Å². The molecule has 0 amide bonds. The fourth-order valence-electron chi connectivity index (χ4n) is 5.09. The summed E-state index contributed by atoms with van der Waals surface area (Å²) in [6, 6.07) is 21.4. The van der Waals surface area contributed by atoms with Crippen LogP contribution in [0.2, 0.25) is 0 Å². The van der Waals surface area contributed by atoms with Gasteiger partial charge in [-0.3, -0.25) is 9.69 Å². The second-order valence-electron chi connectivity index (χ2n) is 8.69. The molecule has 1 heterocycles. The first-order valence-corrected chi connectivity index (χ1v) is 11.4. The first-order valence-electron chi connectivity index (χ1n) is 11.4. The molecule has 0 N–H and O–H groups in total. The summed E-state index contributed by atoms with van der Waals surface area (Å²) in [4.78, 5) is 15.5. The molecule has 30 heavy (non-hydrogen) atoms. The van der Waals surface area contributed by atoms with Gasteiger partial charge in [0.25, 0.3) is 0 Å². The van der Waals surface area contributed by atoms with Gasteiger partial charge in [-0.15, -0.1) is 0 Å². The van der Waals surface area contributed by atoms with Gasteiger partial charge in [0.1, 0.15) is 5.41 Å². The van der Waals surface area contributed by atoms with Crippen LogP contribution in [-0.2, 0) is 21.4 Å². The molecule has 2 atom stereocenters. The van der Waals surface area contributed by atoms with Crippen molar-refractivity contribution in [1.82, 2.24) is 4.90 Å². The third-order valence-electron chi connectivity index (χ3n) is 6.85. The molecule has 0 bridgehead atoms. The first-order chi connectivity index (χ1) is 14.7. The van der Waals surface area contributed by atoms with Crippen LogP contribution in [0.3, 0.4) is 0 Å². The summed E-state index contributed by atoms with van der Waals surface area (Å²) < 4.78 is 5.49. The van der Waals surface area contributed by atoms with Gasteiger partial charge in [-0.25, -0.2) is 0 Å². The highest BCUT2D eigenvalue weighted by molar-refractivity contribution is 5.86. The molecule has 2 unspecified atom stereocenters. The Morgan fingerprint density at radius 2 is 1.67 bits per heavy atom. The second kappa shape index (κ2) is 9.61. The van der Waals surface area contributed by atoms with E-state index >= 15 is 0 Å². The van der Waals surface area contributed by atoms with Crippen molar-refractivity contribution in [2.24, 2.45) is 5.92 Å². The van der Waals surface area contributed by atoms with Crippen LogP contribution in [0.25, 0.3) is 0 Å². The fraction of sp³-hybridized carbons (Fsp3) is 0.444. The van der Waals surface area contributed by atoms with Gasteiger partial charge in [-0.2, -0.15) is 0 Å². The number of nitrogens with zero attached hydrogens (tertiary/aromatic N) is 1. The van der Waals surface area contributed by atoms with Gasteiger partial charge < -0.3 is 4.74 Å². The van der Waals surface area contributed by atoms with E-state index in [2.05, 4.69) is 59.5 Å². The quantitative estimate of drug-likeness (QED) is 0.493. The number of carbonyl (C=O) groups excluding carboxylic acids is 1. The van der Waals surface area contributed by atoms with Crippen molar-refractivity contribution in [2.75, 3.05) is 19.7 Å². The minimum atomic E-state index is -0.639. The maximum absolute atomic E-state index is 12.9. The van der Waals surface area contributed by atoms with Crippen molar-refractivity contribution in [1.29, 1.82) is 0 Å². The summed E-state index contributed by atoms with van der Waals surface area (Å²) in [6.45, 7) is 4.58. The average molecular weight is 404 g/mol. The highest BCUT2D eigenvalue weighted by Gasteiger charge is 2.42. The molecule has 3 nitrogen and oxygen atoms in total. The number of likely N-dealkylation sites (tertiary alicyclic amines) is 1. The highest BCUT2D eigenvalue weighted by Crippen LogP contribution is 2.38. The van der Waals surface area contributed by atoms with Crippen LogP contribution in [0.15, 0.2) is 72.8 Å². The van der Waals surface area contributed by atoms with E-state index in [-0.39, 0.29) is 5.97 Å². The number of carbonyl (C=O) groups is 1. The lowest BCUT2D eigenvalue weighted by Crippen LogP contribution is -2.46. The third-order valence-corrected chi connectivity index (χ3v) is 6.85. The summed E-state index contributed by atoms with van der Waals surface area (Å²) in [6.07, 6.45) is 9.89. The number of hydrogen-bond acceptors (Lipinski definition) is 3. The third kappa shape index (κ3) is 4.52. The molecule has 2 aromatic rings. The van der Waals surface area contributed by atoms with Crippen LogP contribution in [0.5, 0.6) is 0 Å². The predicted molar refractivity (Wildman–Crippen MR) is 121 cm³/mol. The Morgan fingerprint density at radius 1 is 1.00 bits per heavy atom. The molecule has 3 heteroatoms. The number of hydrogen-bond donors (Lipinski definition) is 0.